The molecule has 3 amide bonds. The minimum Gasteiger partial charge on any atom is -0.396 e. The number of rotatable bonds is 11. The number of carbonyl (C=O) groups is 3. The first-order valence-electron chi connectivity index (χ1n) is 13.4. The summed E-state index contributed by atoms with van der Waals surface area (Å²) in [5.41, 5.74) is 1.64. The van der Waals surface area contributed by atoms with Crippen molar-refractivity contribution >= 4 is 46.8 Å². The minimum absolute atomic E-state index is 0.0252. The van der Waals surface area contributed by atoms with Crippen LogP contribution in [-0.4, -0.2) is 56.9 Å². The van der Waals surface area contributed by atoms with E-state index in [4.69, 9.17) is 16.7 Å². The monoisotopic (exact) mass is 555 g/mol. The van der Waals surface area contributed by atoms with Gasteiger partial charge in [-0.05, 0) is 55.5 Å². The molecule has 3 fully saturated rings. The van der Waals surface area contributed by atoms with Crippen LogP contribution in [0.2, 0.25) is 5.02 Å². The molecule has 0 saturated carbocycles. The number of benzene rings is 2. The number of carbonyl (C=O) groups excluding carboxylic acids is 3. The van der Waals surface area contributed by atoms with Gasteiger partial charge in [-0.2, -0.15) is 0 Å². The Morgan fingerprint density at radius 1 is 1.03 bits per heavy atom. The molecule has 0 aromatic heterocycles. The van der Waals surface area contributed by atoms with Crippen molar-refractivity contribution in [2.24, 2.45) is 11.8 Å². The van der Waals surface area contributed by atoms with Crippen molar-refractivity contribution in [3.8, 4) is 0 Å². The third-order valence-electron chi connectivity index (χ3n) is 8.08. The Kier molecular flexibility index (Phi) is 8.31. The molecule has 2 aromatic rings. The zero-order valence-corrected chi connectivity index (χ0v) is 22.8. The summed E-state index contributed by atoms with van der Waals surface area (Å²) in [6.45, 7) is 1.03. The highest BCUT2D eigenvalue weighted by molar-refractivity contribution is 8.02. The van der Waals surface area contributed by atoms with Crippen LogP contribution in [0, 0.1) is 11.8 Å². The van der Waals surface area contributed by atoms with Crippen LogP contribution in [0.3, 0.4) is 0 Å². The summed E-state index contributed by atoms with van der Waals surface area (Å²) in [4.78, 5) is 43.0. The summed E-state index contributed by atoms with van der Waals surface area (Å²) in [5.74, 6) is -1.36. The van der Waals surface area contributed by atoms with Gasteiger partial charge < -0.3 is 20.6 Å². The number of likely N-dealkylation sites (tertiary alicyclic amines) is 1. The first-order chi connectivity index (χ1) is 18.4. The molecule has 3 aliphatic heterocycles. The third-order valence-corrected chi connectivity index (χ3v) is 10.3. The lowest BCUT2D eigenvalue weighted by Gasteiger charge is -2.34. The fourth-order valence-corrected chi connectivity index (χ4v) is 8.73. The van der Waals surface area contributed by atoms with Gasteiger partial charge in [-0.15, -0.1) is 11.8 Å². The maximum absolute atomic E-state index is 14.0. The lowest BCUT2D eigenvalue weighted by atomic mass is 9.70. The van der Waals surface area contributed by atoms with E-state index >= 15 is 0 Å². The molecule has 2 aromatic carbocycles. The number of nitrogens with one attached hydrogen (secondary N) is 2. The SMILES string of the molecule is O=C(Nc1ccc(Cl)cc1)C1N(CCCCCCO)C(=O)[C@@H]2[C@@H](C(=O)NCc3ccccc3)[C@H]3CCC12S3. The number of hydrogen-bond acceptors (Lipinski definition) is 5. The van der Waals surface area contributed by atoms with Crippen molar-refractivity contribution in [2.75, 3.05) is 18.5 Å². The molecule has 5 atom stereocenters. The second-order valence-electron chi connectivity index (χ2n) is 10.4. The number of fused-ring (bicyclic) bond motifs is 1. The molecule has 3 aliphatic rings. The largest absolute Gasteiger partial charge is 0.396 e. The van der Waals surface area contributed by atoms with Crippen LogP contribution in [0.1, 0.15) is 44.1 Å². The fraction of sp³-hybridized carbons (Fsp3) is 0.483. The highest BCUT2D eigenvalue weighted by atomic mass is 35.5. The van der Waals surface area contributed by atoms with Crippen LogP contribution in [-0.2, 0) is 20.9 Å². The molecule has 5 rings (SSSR count). The molecule has 0 radical (unpaired) electrons. The summed E-state index contributed by atoms with van der Waals surface area (Å²) >= 11 is 7.70. The third kappa shape index (κ3) is 5.18. The van der Waals surface area contributed by atoms with Crippen LogP contribution < -0.4 is 10.6 Å². The van der Waals surface area contributed by atoms with E-state index < -0.39 is 22.6 Å². The number of halogens is 1. The van der Waals surface area contributed by atoms with E-state index in [1.807, 2.05) is 30.3 Å². The van der Waals surface area contributed by atoms with Crippen LogP contribution in [0.15, 0.2) is 54.6 Å². The van der Waals surface area contributed by atoms with Gasteiger partial charge in [-0.25, -0.2) is 0 Å². The van der Waals surface area contributed by atoms with Gasteiger partial charge >= 0.3 is 0 Å². The Hall–Kier alpha value is -2.55. The average Bonchev–Trinajstić information content (AvgIpc) is 3.56. The zero-order chi connectivity index (χ0) is 26.7. The maximum atomic E-state index is 14.0. The molecule has 2 unspecified atom stereocenters. The van der Waals surface area contributed by atoms with E-state index in [0.29, 0.717) is 23.8 Å². The van der Waals surface area contributed by atoms with E-state index in [0.717, 1.165) is 44.1 Å². The van der Waals surface area contributed by atoms with E-state index in [9.17, 15) is 14.4 Å². The smallest absolute Gasteiger partial charge is 0.248 e. The maximum Gasteiger partial charge on any atom is 0.248 e. The van der Waals surface area contributed by atoms with E-state index in [1.54, 1.807) is 40.9 Å². The topological polar surface area (TPSA) is 98.7 Å². The predicted molar refractivity (Wildman–Crippen MR) is 150 cm³/mol. The number of anilines is 1. The molecule has 2 bridgehead atoms. The van der Waals surface area contributed by atoms with Gasteiger partial charge in [-0.3, -0.25) is 14.4 Å². The molecule has 3 N–H and O–H groups in total. The quantitative estimate of drug-likeness (QED) is 0.360. The van der Waals surface area contributed by atoms with Crippen LogP contribution in [0.5, 0.6) is 0 Å². The fourth-order valence-electron chi connectivity index (χ4n) is 6.39. The number of aliphatic hydroxyl groups excluding tert-OH is 1. The van der Waals surface area contributed by atoms with Crippen LogP contribution in [0.4, 0.5) is 5.69 Å². The van der Waals surface area contributed by atoms with Crippen molar-refractivity contribution in [3.63, 3.8) is 0 Å². The van der Waals surface area contributed by atoms with Crippen LogP contribution >= 0.6 is 23.4 Å². The summed E-state index contributed by atoms with van der Waals surface area (Å²) in [5, 5.41) is 15.8. The Morgan fingerprint density at radius 2 is 1.76 bits per heavy atom. The molecule has 3 heterocycles. The zero-order valence-electron chi connectivity index (χ0n) is 21.3. The lowest BCUT2D eigenvalue weighted by molar-refractivity contribution is -0.139. The highest BCUT2D eigenvalue weighted by Gasteiger charge is 2.73. The predicted octanol–water partition coefficient (Wildman–Crippen LogP) is 4.24. The number of nitrogens with zero attached hydrogens (tertiary/aromatic N) is 1. The van der Waals surface area contributed by atoms with Gasteiger partial charge in [0, 0.05) is 35.7 Å². The van der Waals surface area contributed by atoms with Crippen molar-refractivity contribution in [3.05, 3.63) is 65.2 Å². The molecule has 9 heteroatoms. The standard InChI is InChI=1S/C29H34ClN3O4S/c30-20-10-12-21(13-11-20)32-27(36)25-29-15-14-22(38-29)23(26(35)31-18-19-8-4-3-5-9-19)24(29)28(37)33(25)16-6-1-2-7-17-34/h3-5,8-13,22-25,34H,1-2,6-7,14-18H2,(H,31,35)(H,32,36)/t22-,23+,24+,25?,29?/m1/s1. The number of hydrogen-bond donors (Lipinski definition) is 3. The molecular weight excluding hydrogens is 522 g/mol. The molecular formula is C29H34ClN3O4S. The van der Waals surface area contributed by atoms with Crippen molar-refractivity contribution in [2.45, 2.75) is 61.1 Å². The molecule has 0 aliphatic carbocycles. The van der Waals surface area contributed by atoms with Gasteiger partial charge in [0.15, 0.2) is 0 Å². The summed E-state index contributed by atoms with van der Waals surface area (Å²) < 4.78 is -0.613. The summed E-state index contributed by atoms with van der Waals surface area (Å²) in [6, 6.07) is 16.1. The number of unbranched alkanes of at least 4 members (excludes halogenated alkanes) is 3. The molecule has 7 nitrogen and oxygen atoms in total. The van der Waals surface area contributed by atoms with Crippen molar-refractivity contribution in [1.29, 1.82) is 0 Å². The van der Waals surface area contributed by atoms with E-state index in [2.05, 4.69) is 10.6 Å². The van der Waals surface area contributed by atoms with Gasteiger partial charge in [0.1, 0.15) is 6.04 Å². The second kappa shape index (κ2) is 11.7. The number of amides is 3. The lowest BCUT2D eigenvalue weighted by Crippen LogP contribution is -2.51. The number of thioether (sulfide) groups is 1. The number of aliphatic hydroxyl groups is 1. The molecule has 1 spiro atoms. The molecule has 3 saturated heterocycles. The summed E-state index contributed by atoms with van der Waals surface area (Å²) in [6.07, 6.45) is 4.76. The first kappa shape index (κ1) is 27.0. The van der Waals surface area contributed by atoms with Crippen molar-refractivity contribution in [1.82, 2.24) is 10.2 Å². The van der Waals surface area contributed by atoms with Crippen molar-refractivity contribution < 1.29 is 19.5 Å². The minimum atomic E-state index is -0.643. The Bertz CT molecular complexity index is 1160. The van der Waals surface area contributed by atoms with E-state index in [1.165, 1.54) is 0 Å². The van der Waals surface area contributed by atoms with Gasteiger partial charge in [0.05, 0.1) is 16.6 Å². The molecule has 38 heavy (non-hydrogen) atoms. The van der Waals surface area contributed by atoms with Crippen LogP contribution in [0.25, 0.3) is 0 Å². The second-order valence-corrected chi connectivity index (χ2v) is 12.5. The molecule has 202 valence electrons. The average molecular weight is 556 g/mol. The highest BCUT2D eigenvalue weighted by Crippen LogP contribution is 2.66. The first-order valence-corrected chi connectivity index (χ1v) is 14.7. The normalized spacial score (nSPS) is 27.4. The Balaban J connectivity index is 1.37. The Morgan fingerprint density at radius 3 is 2.50 bits per heavy atom. The van der Waals surface area contributed by atoms with E-state index in [-0.39, 0.29) is 29.6 Å². The summed E-state index contributed by atoms with van der Waals surface area (Å²) in [7, 11) is 0. The van der Waals surface area contributed by atoms with Gasteiger partial charge in [0.25, 0.3) is 0 Å². The van der Waals surface area contributed by atoms with Gasteiger partial charge in [-0.1, -0.05) is 54.8 Å². The Labute approximate surface area is 232 Å². The van der Waals surface area contributed by atoms with Gasteiger partial charge in [0.2, 0.25) is 17.7 Å².